The summed E-state index contributed by atoms with van der Waals surface area (Å²) in [4.78, 5) is 19.4. The van der Waals surface area contributed by atoms with Crippen LogP contribution in [-0.2, 0) is 6.42 Å². The van der Waals surface area contributed by atoms with Crippen LogP contribution in [0, 0.1) is 12.8 Å². The lowest BCUT2D eigenvalue weighted by Gasteiger charge is -2.32. The Hall–Kier alpha value is -2.36. The molecule has 2 heterocycles. The van der Waals surface area contributed by atoms with Crippen molar-refractivity contribution in [3.8, 4) is 0 Å². The minimum absolute atomic E-state index is 0.150. The maximum absolute atomic E-state index is 12.6. The van der Waals surface area contributed by atoms with E-state index < -0.39 is 0 Å². The fraction of sp³-hybridized carbons (Fsp3) is 0.429. The van der Waals surface area contributed by atoms with Gasteiger partial charge in [-0.2, -0.15) is 0 Å². The Balaban J connectivity index is 1.73. The van der Waals surface area contributed by atoms with Crippen LogP contribution < -0.4 is 10.2 Å². The summed E-state index contributed by atoms with van der Waals surface area (Å²) in [6, 6.07) is 9.93. The molecule has 1 aliphatic heterocycles. The van der Waals surface area contributed by atoms with Crippen molar-refractivity contribution in [1.29, 1.82) is 0 Å². The van der Waals surface area contributed by atoms with E-state index in [4.69, 9.17) is 0 Å². The van der Waals surface area contributed by atoms with Crippen LogP contribution in [-0.4, -0.2) is 24.0 Å². The molecular formula is C21H27N3O. The van der Waals surface area contributed by atoms with E-state index in [1.165, 1.54) is 12.8 Å². The summed E-state index contributed by atoms with van der Waals surface area (Å²) >= 11 is 0. The summed E-state index contributed by atoms with van der Waals surface area (Å²) in [5, 5.41) is 3.04. The molecule has 1 saturated heterocycles. The number of rotatable bonds is 4. The van der Waals surface area contributed by atoms with Gasteiger partial charge in [0.15, 0.2) is 0 Å². The fourth-order valence-corrected chi connectivity index (χ4v) is 3.51. The standard InChI is InChI=1S/C21H27N3O/c1-4-17-9-5-8-16(3)20(17)23-21(25)19-11-10-18(13-22-19)24-12-6-7-15(2)14-24/h5,8-11,13,15H,4,6-7,12,14H2,1-3H3,(H,23,25). The Morgan fingerprint density at radius 1 is 1.32 bits per heavy atom. The number of nitrogens with one attached hydrogen (secondary N) is 1. The van der Waals surface area contributed by atoms with E-state index in [-0.39, 0.29) is 5.91 Å². The van der Waals surface area contributed by atoms with Crippen LogP contribution >= 0.6 is 0 Å². The number of hydrogen-bond acceptors (Lipinski definition) is 3. The van der Waals surface area contributed by atoms with E-state index in [0.717, 1.165) is 42.0 Å². The Bertz CT molecular complexity index is 739. The molecule has 25 heavy (non-hydrogen) atoms. The monoisotopic (exact) mass is 337 g/mol. The van der Waals surface area contributed by atoms with Crippen LogP contribution in [0.4, 0.5) is 11.4 Å². The molecule has 0 spiro atoms. The molecule has 1 unspecified atom stereocenters. The molecule has 0 radical (unpaired) electrons. The highest BCUT2D eigenvalue weighted by Gasteiger charge is 2.18. The van der Waals surface area contributed by atoms with Gasteiger partial charge in [0, 0.05) is 18.8 Å². The van der Waals surface area contributed by atoms with Crippen LogP contribution in [0.25, 0.3) is 0 Å². The van der Waals surface area contributed by atoms with E-state index in [2.05, 4.69) is 35.1 Å². The highest BCUT2D eigenvalue weighted by atomic mass is 16.1. The number of aryl methyl sites for hydroxylation is 2. The average Bonchev–Trinajstić information content (AvgIpc) is 2.63. The van der Waals surface area contributed by atoms with Gasteiger partial charge in [-0.1, -0.05) is 32.0 Å². The summed E-state index contributed by atoms with van der Waals surface area (Å²) in [7, 11) is 0. The lowest BCUT2D eigenvalue weighted by molar-refractivity contribution is 0.102. The van der Waals surface area contributed by atoms with Crippen molar-refractivity contribution in [3.05, 3.63) is 53.3 Å². The van der Waals surface area contributed by atoms with Crippen molar-refractivity contribution in [3.63, 3.8) is 0 Å². The molecule has 4 nitrogen and oxygen atoms in total. The second kappa shape index (κ2) is 7.68. The van der Waals surface area contributed by atoms with Crippen molar-refractivity contribution >= 4 is 17.3 Å². The normalized spacial score (nSPS) is 17.4. The first-order valence-corrected chi connectivity index (χ1v) is 9.19. The van der Waals surface area contributed by atoms with Crippen LogP contribution in [0.15, 0.2) is 36.5 Å². The first-order valence-electron chi connectivity index (χ1n) is 9.19. The Kier molecular flexibility index (Phi) is 5.37. The number of pyridine rings is 1. The first kappa shape index (κ1) is 17.5. The number of carbonyl (C=O) groups is 1. The minimum Gasteiger partial charge on any atom is -0.370 e. The second-order valence-corrected chi connectivity index (χ2v) is 7.01. The molecule has 4 heteroatoms. The Morgan fingerprint density at radius 3 is 2.84 bits per heavy atom. The number of carbonyl (C=O) groups excluding carboxylic acids is 1. The summed E-state index contributed by atoms with van der Waals surface area (Å²) in [6.45, 7) is 8.53. The molecule has 1 atom stereocenters. The second-order valence-electron chi connectivity index (χ2n) is 7.01. The van der Waals surface area contributed by atoms with E-state index in [9.17, 15) is 4.79 Å². The highest BCUT2D eigenvalue weighted by molar-refractivity contribution is 6.03. The van der Waals surface area contributed by atoms with Crippen molar-refractivity contribution < 1.29 is 4.79 Å². The minimum atomic E-state index is -0.150. The number of anilines is 2. The molecule has 132 valence electrons. The summed E-state index contributed by atoms with van der Waals surface area (Å²) in [5.74, 6) is 0.563. The third kappa shape index (κ3) is 4.01. The van der Waals surface area contributed by atoms with Crippen LogP contribution in [0.1, 0.15) is 48.3 Å². The van der Waals surface area contributed by atoms with Gasteiger partial charge in [0.2, 0.25) is 0 Å². The number of aromatic nitrogens is 1. The van der Waals surface area contributed by atoms with Gasteiger partial charge in [0.25, 0.3) is 5.91 Å². The Morgan fingerprint density at radius 2 is 2.16 bits per heavy atom. The van der Waals surface area contributed by atoms with Crippen molar-refractivity contribution in [1.82, 2.24) is 4.98 Å². The number of hydrogen-bond donors (Lipinski definition) is 1. The van der Waals surface area contributed by atoms with E-state index in [0.29, 0.717) is 11.6 Å². The molecule has 1 aromatic heterocycles. The van der Waals surface area contributed by atoms with Gasteiger partial charge in [-0.05, 0) is 55.4 Å². The molecule has 1 aliphatic rings. The summed E-state index contributed by atoms with van der Waals surface area (Å²) in [5.41, 5.74) is 4.69. The maximum atomic E-state index is 12.6. The lowest BCUT2D eigenvalue weighted by atomic mass is 10.00. The van der Waals surface area contributed by atoms with Crippen LogP contribution in [0.3, 0.4) is 0 Å². The lowest BCUT2D eigenvalue weighted by Crippen LogP contribution is -2.34. The zero-order valence-electron chi connectivity index (χ0n) is 15.4. The molecule has 1 fully saturated rings. The van der Waals surface area contributed by atoms with Gasteiger partial charge < -0.3 is 10.2 Å². The first-order chi connectivity index (χ1) is 12.1. The third-order valence-corrected chi connectivity index (χ3v) is 4.98. The van der Waals surface area contributed by atoms with Gasteiger partial charge in [0.1, 0.15) is 5.69 Å². The molecule has 0 saturated carbocycles. The number of nitrogens with zero attached hydrogens (tertiary/aromatic N) is 2. The number of amides is 1. The highest BCUT2D eigenvalue weighted by Crippen LogP contribution is 2.24. The van der Waals surface area contributed by atoms with Gasteiger partial charge in [-0.3, -0.25) is 4.79 Å². The van der Waals surface area contributed by atoms with Crippen LogP contribution in [0.5, 0.6) is 0 Å². The number of piperidine rings is 1. The Labute approximate surface area is 150 Å². The average molecular weight is 337 g/mol. The smallest absolute Gasteiger partial charge is 0.274 e. The molecule has 0 aliphatic carbocycles. The van der Waals surface area contributed by atoms with Crippen molar-refractivity contribution in [2.75, 3.05) is 23.3 Å². The summed E-state index contributed by atoms with van der Waals surface area (Å²) < 4.78 is 0. The van der Waals surface area contributed by atoms with Crippen LogP contribution in [0.2, 0.25) is 0 Å². The van der Waals surface area contributed by atoms with E-state index in [1.54, 1.807) is 0 Å². The van der Waals surface area contributed by atoms with Gasteiger partial charge in [0.05, 0.1) is 11.9 Å². The quantitative estimate of drug-likeness (QED) is 0.897. The van der Waals surface area contributed by atoms with Crippen molar-refractivity contribution in [2.24, 2.45) is 5.92 Å². The predicted octanol–water partition coefficient (Wildman–Crippen LogP) is 4.44. The van der Waals surface area contributed by atoms with Gasteiger partial charge >= 0.3 is 0 Å². The molecule has 2 aromatic rings. The molecule has 1 amide bonds. The van der Waals surface area contributed by atoms with E-state index >= 15 is 0 Å². The summed E-state index contributed by atoms with van der Waals surface area (Å²) in [6.07, 6.45) is 5.22. The largest absolute Gasteiger partial charge is 0.370 e. The molecule has 1 aromatic carbocycles. The third-order valence-electron chi connectivity index (χ3n) is 4.98. The zero-order valence-corrected chi connectivity index (χ0v) is 15.4. The number of benzene rings is 1. The molecular weight excluding hydrogens is 310 g/mol. The predicted molar refractivity (Wildman–Crippen MR) is 103 cm³/mol. The topological polar surface area (TPSA) is 45.2 Å². The molecule has 0 bridgehead atoms. The van der Waals surface area contributed by atoms with E-state index in [1.807, 2.05) is 37.4 Å². The molecule has 3 rings (SSSR count). The maximum Gasteiger partial charge on any atom is 0.274 e. The van der Waals surface area contributed by atoms with Crippen molar-refractivity contribution in [2.45, 2.75) is 40.0 Å². The zero-order chi connectivity index (χ0) is 17.8. The van der Waals surface area contributed by atoms with Gasteiger partial charge in [-0.15, -0.1) is 0 Å². The fourth-order valence-electron chi connectivity index (χ4n) is 3.51. The number of para-hydroxylation sites is 1. The SMILES string of the molecule is CCc1cccc(C)c1NC(=O)c1ccc(N2CCCC(C)C2)cn1. The van der Waals surface area contributed by atoms with Gasteiger partial charge in [-0.25, -0.2) is 4.98 Å². The molecule has 1 N–H and O–H groups in total.